The number of ether oxygens (including phenoxy) is 1. The summed E-state index contributed by atoms with van der Waals surface area (Å²) in [6, 6.07) is 8.72. The van der Waals surface area contributed by atoms with Gasteiger partial charge < -0.3 is 15.4 Å². The molecule has 18 heavy (non-hydrogen) atoms. The first-order valence-electron chi connectivity index (χ1n) is 6.87. The molecule has 3 nitrogen and oxygen atoms in total. The Hall–Kier alpha value is -1.06. The lowest BCUT2D eigenvalue weighted by Crippen LogP contribution is -2.36. The molecule has 1 heterocycles. The molecule has 1 aliphatic heterocycles. The SMILES string of the molecule is COc1ccc(C(C)NCC2CCCNC2)cc1. The van der Waals surface area contributed by atoms with Gasteiger partial charge in [-0.25, -0.2) is 0 Å². The zero-order valence-corrected chi connectivity index (χ0v) is 11.4. The summed E-state index contributed by atoms with van der Waals surface area (Å²) in [5.74, 6) is 1.70. The van der Waals surface area contributed by atoms with E-state index in [0.717, 1.165) is 24.8 Å². The highest BCUT2D eigenvalue weighted by atomic mass is 16.5. The second-order valence-electron chi connectivity index (χ2n) is 5.12. The fourth-order valence-corrected chi connectivity index (χ4v) is 2.45. The molecule has 0 saturated carbocycles. The molecule has 2 N–H and O–H groups in total. The summed E-state index contributed by atoms with van der Waals surface area (Å²) in [5, 5.41) is 7.08. The zero-order valence-electron chi connectivity index (χ0n) is 11.4. The van der Waals surface area contributed by atoms with E-state index in [1.807, 2.05) is 12.1 Å². The summed E-state index contributed by atoms with van der Waals surface area (Å²) in [6.07, 6.45) is 2.65. The molecule has 1 aromatic carbocycles. The van der Waals surface area contributed by atoms with Gasteiger partial charge in [-0.05, 0) is 63.0 Å². The van der Waals surface area contributed by atoms with Crippen molar-refractivity contribution in [2.24, 2.45) is 5.92 Å². The van der Waals surface area contributed by atoms with Crippen LogP contribution in [0.5, 0.6) is 5.75 Å². The number of benzene rings is 1. The number of hydrogen-bond acceptors (Lipinski definition) is 3. The first-order chi connectivity index (χ1) is 8.79. The number of rotatable bonds is 5. The van der Waals surface area contributed by atoms with Gasteiger partial charge in [0.1, 0.15) is 5.75 Å². The molecule has 1 fully saturated rings. The molecular weight excluding hydrogens is 224 g/mol. The van der Waals surface area contributed by atoms with Crippen LogP contribution >= 0.6 is 0 Å². The second kappa shape index (κ2) is 6.76. The lowest BCUT2D eigenvalue weighted by atomic mass is 9.99. The van der Waals surface area contributed by atoms with Gasteiger partial charge in [0.05, 0.1) is 7.11 Å². The maximum absolute atomic E-state index is 5.18. The highest BCUT2D eigenvalue weighted by Gasteiger charge is 2.14. The van der Waals surface area contributed by atoms with E-state index >= 15 is 0 Å². The fourth-order valence-electron chi connectivity index (χ4n) is 2.45. The van der Waals surface area contributed by atoms with Gasteiger partial charge in [-0.1, -0.05) is 12.1 Å². The average Bonchev–Trinajstić information content (AvgIpc) is 2.46. The van der Waals surface area contributed by atoms with E-state index in [9.17, 15) is 0 Å². The van der Waals surface area contributed by atoms with Crippen LogP contribution in [0.3, 0.4) is 0 Å². The summed E-state index contributed by atoms with van der Waals surface area (Å²) in [5.41, 5.74) is 1.32. The standard InChI is InChI=1S/C15H24N2O/c1-12(14-5-7-15(18-2)8-6-14)17-11-13-4-3-9-16-10-13/h5-8,12-13,16-17H,3-4,9-11H2,1-2H3. The van der Waals surface area contributed by atoms with Gasteiger partial charge in [-0.15, -0.1) is 0 Å². The van der Waals surface area contributed by atoms with Crippen LogP contribution in [0.15, 0.2) is 24.3 Å². The van der Waals surface area contributed by atoms with Crippen molar-refractivity contribution in [3.05, 3.63) is 29.8 Å². The molecule has 0 radical (unpaired) electrons. The van der Waals surface area contributed by atoms with Crippen LogP contribution in [0.1, 0.15) is 31.4 Å². The molecule has 100 valence electrons. The van der Waals surface area contributed by atoms with Crippen molar-refractivity contribution in [2.75, 3.05) is 26.7 Å². The monoisotopic (exact) mass is 248 g/mol. The van der Waals surface area contributed by atoms with Gasteiger partial charge in [-0.2, -0.15) is 0 Å². The van der Waals surface area contributed by atoms with E-state index < -0.39 is 0 Å². The largest absolute Gasteiger partial charge is 0.497 e. The van der Waals surface area contributed by atoms with Gasteiger partial charge in [0.25, 0.3) is 0 Å². The van der Waals surface area contributed by atoms with Crippen LogP contribution in [-0.4, -0.2) is 26.7 Å². The predicted molar refractivity (Wildman–Crippen MR) is 75.0 cm³/mol. The molecule has 0 aliphatic carbocycles. The lowest BCUT2D eigenvalue weighted by Gasteiger charge is -2.25. The Morgan fingerprint density at radius 2 is 2.17 bits per heavy atom. The third-order valence-electron chi connectivity index (χ3n) is 3.73. The summed E-state index contributed by atoms with van der Waals surface area (Å²) in [6.45, 7) is 5.66. The normalized spacial score (nSPS) is 21.6. The van der Waals surface area contributed by atoms with Crippen molar-refractivity contribution in [2.45, 2.75) is 25.8 Å². The number of nitrogens with one attached hydrogen (secondary N) is 2. The topological polar surface area (TPSA) is 33.3 Å². The van der Waals surface area contributed by atoms with Gasteiger partial charge in [-0.3, -0.25) is 0 Å². The summed E-state index contributed by atoms with van der Waals surface area (Å²) >= 11 is 0. The van der Waals surface area contributed by atoms with E-state index in [1.165, 1.54) is 24.9 Å². The van der Waals surface area contributed by atoms with Crippen molar-refractivity contribution in [1.29, 1.82) is 0 Å². The van der Waals surface area contributed by atoms with Crippen LogP contribution in [0, 0.1) is 5.92 Å². The number of methoxy groups -OCH3 is 1. The zero-order chi connectivity index (χ0) is 12.8. The summed E-state index contributed by atoms with van der Waals surface area (Å²) in [7, 11) is 1.70. The minimum absolute atomic E-state index is 0.401. The predicted octanol–water partition coefficient (Wildman–Crippen LogP) is 2.35. The van der Waals surface area contributed by atoms with E-state index in [0.29, 0.717) is 6.04 Å². The Morgan fingerprint density at radius 1 is 1.39 bits per heavy atom. The average molecular weight is 248 g/mol. The molecular formula is C15H24N2O. The third kappa shape index (κ3) is 3.72. The van der Waals surface area contributed by atoms with Crippen LogP contribution in [-0.2, 0) is 0 Å². The Labute approximate surface area is 110 Å². The number of hydrogen-bond donors (Lipinski definition) is 2. The first-order valence-corrected chi connectivity index (χ1v) is 6.87. The summed E-state index contributed by atoms with van der Waals surface area (Å²) < 4.78 is 5.18. The number of piperidine rings is 1. The minimum atomic E-state index is 0.401. The smallest absolute Gasteiger partial charge is 0.118 e. The lowest BCUT2D eigenvalue weighted by molar-refractivity contribution is 0.348. The van der Waals surface area contributed by atoms with E-state index in [-0.39, 0.29) is 0 Å². The van der Waals surface area contributed by atoms with Crippen molar-refractivity contribution in [3.63, 3.8) is 0 Å². The second-order valence-corrected chi connectivity index (χ2v) is 5.12. The summed E-state index contributed by atoms with van der Waals surface area (Å²) in [4.78, 5) is 0. The van der Waals surface area contributed by atoms with Gasteiger partial charge >= 0.3 is 0 Å². The fraction of sp³-hybridized carbons (Fsp3) is 0.600. The Bertz CT molecular complexity index is 344. The van der Waals surface area contributed by atoms with Crippen molar-refractivity contribution < 1.29 is 4.74 Å². The third-order valence-corrected chi connectivity index (χ3v) is 3.73. The molecule has 0 bridgehead atoms. The molecule has 0 amide bonds. The highest BCUT2D eigenvalue weighted by Crippen LogP contribution is 2.18. The van der Waals surface area contributed by atoms with Crippen LogP contribution in [0.2, 0.25) is 0 Å². The molecule has 0 aromatic heterocycles. The first kappa shape index (κ1) is 13.4. The molecule has 2 unspecified atom stereocenters. The van der Waals surface area contributed by atoms with Gasteiger partial charge in [0, 0.05) is 6.04 Å². The highest BCUT2D eigenvalue weighted by molar-refractivity contribution is 5.28. The molecule has 1 aliphatic rings. The van der Waals surface area contributed by atoms with Crippen molar-refractivity contribution in [3.8, 4) is 5.75 Å². The van der Waals surface area contributed by atoms with E-state index in [4.69, 9.17) is 4.74 Å². The minimum Gasteiger partial charge on any atom is -0.497 e. The van der Waals surface area contributed by atoms with Crippen molar-refractivity contribution >= 4 is 0 Å². The van der Waals surface area contributed by atoms with Crippen LogP contribution < -0.4 is 15.4 Å². The quantitative estimate of drug-likeness (QED) is 0.839. The van der Waals surface area contributed by atoms with E-state index in [2.05, 4.69) is 29.7 Å². The van der Waals surface area contributed by atoms with Gasteiger partial charge in [0.15, 0.2) is 0 Å². The Balaban J connectivity index is 1.80. The van der Waals surface area contributed by atoms with Crippen LogP contribution in [0.4, 0.5) is 0 Å². The molecule has 1 aromatic rings. The molecule has 2 rings (SSSR count). The maximum Gasteiger partial charge on any atom is 0.118 e. The molecule has 1 saturated heterocycles. The van der Waals surface area contributed by atoms with E-state index in [1.54, 1.807) is 7.11 Å². The molecule has 0 spiro atoms. The van der Waals surface area contributed by atoms with Gasteiger partial charge in [0.2, 0.25) is 0 Å². The maximum atomic E-state index is 5.18. The van der Waals surface area contributed by atoms with Crippen molar-refractivity contribution in [1.82, 2.24) is 10.6 Å². The molecule has 2 atom stereocenters. The van der Waals surface area contributed by atoms with Crippen LogP contribution in [0.25, 0.3) is 0 Å². The Morgan fingerprint density at radius 3 is 2.78 bits per heavy atom. The molecule has 3 heteroatoms. The Kier molecular flexibility index (Phi) is 5.02.